The quantitative estimate of drug-likeness (QED) is 0.535. The number of anilines is 1. The number of alkyl halides is 3. The summed E-state index contributed by atoms with van der Waals surface area (Å²) in [6, 6.07) is 2.44. The smallest absolute Gasteiger partial charge is 0.381 e. The SMILES string of the molecule is CCn1ncc2c(NC3CCOCC3)c(C(=O)NCc3ccc(F)cc3C(F)(F)F)cnc21. The Morgan fingerprint density at radius 3 is 2.70 bits per heavy atom. The lowest BCUT2D eigenvalue weighted by Crippen LogP contribution is -2.30. The summed E-state index contributed by atoms with van der Waals surface area (Å²) in [5.41, 5.74) is -0.0359. The van der Waals surface area contributed by atoms with Crippen molar-refractivity contribution >= 4 is 22.6 Å². The third-order valence-corrected chi connectivity index (χ3v) is 5.60. The van der Waals surface area contributed by atoms with Crippen LogP contribution in [0.4, 0.5) is 23.2 Å². The van der Waals surface area contributed by atoms with Gasteiger partial charge in [0, 0.05) is 38.5 Å². The molecule has 0 spiro atoms. The van der Waals surface area contributed by atoms with E-state index in [0.29, 0.717) is 42.5 Å². The highest BCUT2D eigenvalue weighted by Crippen LogP contribution is 2.33. The van der Waals surface area contributed by atoms with Gasteiger partial charge in [0.15, 0.2) is 5.65 Å². The van der Waals surface area contributed by atoms with Crippen LogP contribution < -0.4 is 10.6 Å². The molecule has 1 fully saturated rings. The second-order valence-corrected chi connectivity index (χ2v) is 7.76. The number of pyridine rings is 1. The van der Waals surface area contributed by atoms with Crippen LogP contribution in [0.5, 0.6) is 0 Å². The van der Waals surface area contributed by atoms with E-state index in [0.717, 1.165) is 25.0 Å². The van der Waals surface area contributed by atoms with Crippen molar-refractivity contribution in [2.75, 3.05) is 18.5 Å². The van der Waals surface area contributed by atoms with E-state index in [1.165, 1.54) is 6.20 Å². The molecule has 1 aliphatic heterocycles. The largest absolute Gasteiger partial charge is 0.416 e. The van der Waals surface area contributed by atoms with Crippen LogP contribution in [0, 0.1) is 5.82 Å². The van der Waals surface area contributed by atoms with Crippen LogP contribution in [0.3, 0.4) is 0 Å². The fourth-order valence-corrected chi connectivity index (χ4v) is 3.87. The second kappa shape index (κ2) is 9.34. The highest BCUT2D eigenvalue weighted by Gasteiger charge is 2.34. The minimum atomic E-state index is -4.74. The topological polar surface area (TPSA) is 81.1 Å². The fourth-order valence-electron chi connectivity index (χ4n) is 3.87. The molecule has 0 bridgehead atoms. The van der Waals surface area contributed by atoms with Crippen molar-refractivity contribution in [3.05, 3.63) is 53.1 Å². The Kier molecular flexibility index (Phi) is 6.50. The summed E-state index contributed by atoms with van der Waals surface area (Å²) in [6.07, 6.45) is -0.240. The Balaban J connectivity index is 1.63. The summed E-state index contributed by atoms with van der Waals surface area (Å²) in [4.78, 5) is 17.4. The minimum Gasteiger partial charge on any atom is -0.381 e. The van der Waals surface area contributed by atoms with Gasteiger partial charge in [-0.1, -0.05) is 6.07 Å². The predicted molar refractivity (Wildman–Crippen MR) is 113 cm³/mol. The molecule has 2 N–H and O–H groups in total. The molecule has 0 atom stereocenters. The molecule has 0 unspecified atom stereocenters. The van der Waals surface area contributed by atoms with Crippen molar-refractivity contribution in [1.82, 2.24) is 20.1 Å². The maximum absolute atomic E-state index is 13.4. The van der Waals surface area contributed by atoms with Crippen molar-refractivity contribution in [3.63, 3.8) is 0 Å². The number of nitrogens with one attached hydrogen (secondary N) is 2. The standard InChI is InChI=1S/C22H23F4N5O2/c1-2-31-20-16(12-29-31)19(30-15-5-7-33-8-6-15)17(11-27-20)21(32)28-10-13-3-4-14(23)9-18(13)22(24,25)26/h3-4,9,11-12,15H,2,5-8,10H2,1H3,(H,27,30)(H,28,32). The number of halogens is 4. The zero-order valence-corrected chi connectivity index (χ0v) is 17.9. The molecule has 3 heterocycles. The summed E-state index contributed by atoms with van der Waals surface area (Å²) in [5, 5.41) is 10.9. The van der Waals surface area contributed by atoms with Gasteiger partial charge in [0.1, 0.15) is 5.82 Å². The average molecular weight is 465 g/mol. The van der Waals surface area contributed by atoms with Gasteiger partial charge in [-0.25, -0.2) is 14.1 Å². The molecule has 1 amide bonds. The molecule has 0 saturated carbocycles. The number of aryl methyl sites for hydroxylation is 1. The first kappa shape index (κ1) is 23.0. The Hall–Kier alpha value is -3.21. The lowest BCUT2D eigenvalue weighted by molar-refractivity contribution is -0.138. The molecule has 3 aromatic rings. The van der Waals surface area contributed by atoms with Crippen LogP contribution in [0.2, 0.25) is 0 Å². The number of benzene rings is 1. The highest BCUT2D eigenvalue weighted by molar-refractivity contribution is 6.06. The van der Waals surface area contributed by atoms with E-state index in [-0.39, 0.29) is 17.2 Å². The van der Waals surface area contributed by atoms with Gasteiger partial charge in [-0.05, 0) is 37.5 Å². The van der Waals surface area contributed by atoms with Crippen LogP contribution in [-0.4, -0.2) is 39.9 Å². The lowest BCUT2D eigenvalue weighted by Gasteiger charge is -2.25. The van der Waals surface area contributed by atoms with Crippen LogP contribution in [-0.2, 0) is 24.0 Å². The summed E-state index contributed by atoms with van der Waals surface area (Å²) in [7, 11) is 0. The molecule has 11 heteroatoms. The molecule has 1 aliphatic rings. The summed E-state index contributed by atoms with van der Waals surface area (Å²) in [6.45, 7) is 3.26. The fraction of sp³-hybridized carbons (Fsp3) is 0.409. The van der Waals surface area contributed by atoms with Crippen LogP contribution in [0.25, 0.3) is 11.0 Å². The molecular formula is C22H23F4N5O2. The Morgan fingerprint density at radius 1 is 1.24 bits per heavy atom. The van der Waals surface area contributed by atoms with E-state index >= 15 is 0 Å². The van der Waals surface area contributed by atoms with Gasteiger partial charge >= 0.3 is 6.18 Å². The van der Waals surface area contributed by atoms with Crippen LogP contribution in [0.15, 0.2) is 30.6 Å². The molecule has 0 aliphatic carbocycles. The maximum Gasteiger partial charge on any atom is 0.416 e. The van der Waals surface area contributed by atoms with Gasteiger partial charge in [-0.3, -0.25) is 4.79 Å². The van der Waals surface area contributed by atoms with E-state index < -0.39 is 30.0 Å². The summed E-state index contributed by atoms with van der Waals surface area (Å²) >= 11 is 0. The molecular weight excluding hydrogens is 442 g/mol. The molecule has 2 aromatic heterocycles. The van der Waals surface area contributed by atoms with Gasteiger partial charge in [0.25, 0.3) is 5.91 Å². The van der Waals surface area contributed by atoms with Gasteiger partial charge in [-0.15, -0.1) is 0 Å². The third-order valence-electron chi connectivity index (χ3n) is 5.60. The number of nitrogens with zero attached hydrogens (tertiary/aromatic N) is 3. The third kappa shape index (κ3) is 4.92. The lowest BCUT2D eigenvalue weighted by atomic mass is 10.1. The zero-order chi connectivity index (χ0) is 23.6. The molecule has 1 aromatic carbocycles. The van der Waals surface area contributed by atoms with Gasteiger partial charge in [0.2, 0.25) is 0 Å². The van der Waals surface area contributed by atoms with Crippen molar-refractivity contribution in [1.29, 1.82) is 0 Å². The van der Waals surface area contributed by atoms with Crippen molar-refractivity contribution in [2.24, 2.45) is 0 Å². The van der Waals surface area contributed by atoms with E-state index in [9.17, 15) is 22.4 Å². The molecule has 1 saturated heterocycles. The Bertz CT molecular complexity index is 1160. The number of hydrogen-bond acceptors (Lipinski definition) is 5. The number of amides is 1. The second-order valence-electron chi connectivity index (χ2n) is 7.76. The first-order valence-electron chi connectivity index (χ1n) is 10.6. The number of ether oxygens (including phenoxy) is 1. The summed E-state index contributed by atoms with van der Waals surface area (Å²) < 4.78 is 60.3. The number of fused-ring (bicyclic) bond motifs is 1. The zero-order valence-electron chi connectivity index (χ0n) is 17.9. The monoisotopic (exact) mass is 465 g/mol. The molecule has 33 heavy (non-hydrogen) atoms. The number of carbonyl (C=O) groups excluding carboxylic acids is 1. The van der Waals surface area contributed by atoms with Gasteiger partial charge in [0.05, 0.1) is 28.4 Å². The number of carbonyl (C=O) groups is 1. The predicted octanol–water partition coefficient (Wildman–Crippen LogP) is 4.13. The summed E-state index contributed by atoms with van der Waals surface area (Å²) in [5.74, 6) is -1.59. The van der Waals surface area contributed by atoms with Crippen LogP contribution >= 0.6 is 0 Å². The molecule has 176 valence electrons. The maximum atomic E-state index is 13.4. The molecule has 0 radical (unpaired) electrons. The first-order chi connectivity index (χ1) is 15.8. The van der Waals surface area contributed by atoms with Crippen molar-refractivity contribution in [3.8, 4) is 0 Å². The van der Waals surface area contributed by atoms with Crippen molar-refractivity contribution in [2.45, 2.75) is 45.1 Å². The van der Waals surface area contributed by atoms with E-state index in [2.05, 4.69) is 20.7 Å². The molecule has 4 rings (SSSR count). The van der Waals surface area contributed by atoms with E-state index in [1.807, 2.05) is 6.92 Å². The number of hydrogen-bond donors (Lipinski definition) is 2. The van der Waals surface area contributed by atoms with E-state index in [1.54, 1.807) is 10.9 Å². The van der Waals surface area contributed by atoms with Gasteiger partial charge in [-0.2, -0.15) is 18.3 Å². The minimum absolute atomic E-state index is 0.0646. The Morgan fingerprint density at radius 2 is 2.00 bits per heavy atom. The number of rotatable bonds is 6. The first-order valence-corrected chi connectivity index (χ1v) is 10.6. The highest BCUT2D eigenvalue weighted by atomic mass is 19.4. The van der Waals surface area contributed by atoms with E-state index in [4.69, 9.17) is 4.74 Å². The van der Waals surface area contributed by atoms with Crippen LogP contribution in [0.1, 0.15) is 41.3 Å². The molecule has 7 nitrogen and oxygen atoms in total. The van der Waals surface area contributed by atoms with Gasteiger partial charge < -0.3 is 15.4 Å². The van der Waals surface area contributed by atoms with Crippen molar-refractivity contribution < 1.29 is 27.1 Å². The normalized spacial score (nSPS) is 15.1. The average Bonchev–Trinajstić information content (AvgIpc) is 3.22. The Labute approximate surface area is 187 Å². The number of aromatic nitrogens is 3.